The molecule has 2 aromatic rings. The molecule has 0 aliphatic carbocycles. The SMILES string of the molecule is COc1ccccc1CN(C)C(=O)COC(=O)c1ccc(CN2CCOCC2)cc1. The Morgan fingerprint density at radius 3 is 2.47 bits per heavy atom. The van der Waals surface area contributed by atoms with Crippen molar-refractivity contribution >= 4 is 11.9 Å². The van der Waals surface area contributed by atoms with Gasteiger partial charge in [0.1, 0.15) is 5.75 Å². The number of benzene rings is 2. The van der Waals surface area contributed by atoms with Gasteiger partial charge in [-0.05, 0) is 23.8 Å². The third-order valence-electron chi connectivity index (χ3n) is 5.05. The lowest BCUT2D eigenvalue weighted by molar-refractivity contribution is -0.133. The third kappa shape index (κ3) is 6.05. The number of hydrogen-bond donors (Lipinski definition) is 0. The van der Waals surface area contributed by atoms with Gasteiger partial charge < -0.3 is 19.1 Å². The molecule has 1 fully saturated rings. The number of nitrogens with zero attached hydrogens (tertiary/aromatic N) is 2. The highest BCUT2D eigenvalue weighted by Crippen LogP contribution is 2.18. The van der Waals surface area contributed by atoms with Crippen LogP contribution in [0.3, 0.4) is 0 Å². The zero-order valence-corrected chi connectivity index (χ0v) is 17.5. The lowest BCUT2D eigenvalue weighted by atomic mass is 10.1. The number of hydrogen-bond acceptors (Lipinski definition) is 6. The van der Waals surface area contributed by atoms with Crippen molar-refractivity contribution in [3.8, 4) is 5.75 Å². The molecule has 0 spiro atoms. The smallest absolute Gasteiger partial charge is 0.338 e. The van der Waals surface area contributed by atoms with Crippen molar-refractivity contribution in [2.75, 3.05) is 47.1 Å². The van der Waals surface area contributed by atoms with E-state index in [-0.39, 0.29) is 12.5 Å². The van der Waals surface area contributed by atoms with Gasteiger partial charge in [-0.1, -0.05) is 30.3 Å². The Labute approximate surface area is 177 Å². The fourth-order valence-corrected chi connectivity index (χ4v) is 3.26. The Kier molecular flexibility index (Phi) is 7.82. The van der Waals surface area contributed by atoms with Crippen LogP contribution in [-0.2, 0) is 27.4 Å². The van der Waals surface area contributed by atoms with Gasteiger partial charge >= 0.3 is 5.97 Å². The van der Waals surface area contributed by atoms with E-state index in [1.807, 2.05) is 36.4 Å². The summed E-state index contributed by atoms with van der Waals surface area (Å²) in [5, 5.41) is 0. The second-order valence-electron chi connectivity index (χ2n) is 7.22. The van der Waals surface area contributed by atoms with E-state index >= 15 is 0 Å². The first-order valence-electron chi connectivity index (χ1n) is 9.99. The minimum Gasteiger partial charge on any atom is -0.496 e. The van der Waals surface area contributed by atoms with Crippen LogP contribution in [0.2, 0.25) is 0 Å². The molecule has 0 radical (unpaired) electrons. The fraction of sp³-hybridized carbons (Fsp3) is 0.391. The molecule has 7 heteroatoms. The van der Waals surface area contributed by atoms with Crippen LogP contribution in [0.1, 0.15) is 21.5 Å². The maximum Gasteiger partial charge on any atom is 0.338 e. The second kappa shape index (κ2) is 10.8. The van der Waals surface area contributed by atoms with Crippen molar-refractivity contribution in [1.82, 2.24) is 9.80 Å². The molecule has 1 saturated heterocycles. The molecule has 1 amide bonds. The molecule has 0 atom stereocenters. The largest absolute Gasteiger partial charge is 0.496 e. The Bertz CT molecular complexity index is 847. The fourth-order valence-electron chi connectivity index (χ4n) is 3.26. The lowest BCUT2D eigenvalue weighted by Gasteiger charge is -2.26. The number of likely N-dealkylation sites (N-methyl/N-ethyl adjacent to an activating group) is 1. The quantitative estimate of drug-likeness (QED) is 0.620. The van der Waals surface area contributed by atoms with E-state index < -0.39 is 5.97 Å². The van der Waals surface area contributed by atoms with E-state index in [9.17, 15) is 9.59 Å². The Hall–Kier alpha value is -2.90. The van der Waals surface area contributed by atoms with E-state index in [0.717, 1.165) is 44.0 Å². The zero-order chi connectivity index (χ0) is 21.3. The summed E-state index contributed by atoms with van der Waals surface area (Å²) in [5.41, 5.74) is 2.44. The van der Waals surface area contributed by atoms with Crippen LogP contribution >= 0.6 is 0 Å². The lowest BCUT2D eigenvalue weighted by Crippen LogP contribution is -2.35. The zero-order valence-electron chi connectivity index (χ0n) is 17.5. The summed E-state index contributed by atoms with van der Waals surface area (Å²) < 4.78 is 15.9. The number of methoxy groups -OCH3 is 1. The van der Waals surface area contributed by atoms with Crippen LogP contribution in [-0.4, -0.2) is 68.7 Å². The van der Waals surface area contributed by atoms with Gasteiger partial charge in [-0.15, -0.1) is 0 Å². The Morgan fingerprint density at radius 2 is 1.77 bits per heavy atom. The second-order valence-corrected chi connectivity index (χ2v) is 7.22. The highest BCUT2D eigenvalue weighted by Gasteiger charge is 2.16. The van der Waals surface area contributed by atoms with Gasteiger partial charge in [-0.25, -0.2) is 4.79 Å². The number of carbonyl (C=O) groups is 2. The number of rotatable bonds is 8. The predicted octanol–water partition coefficient (Wildman–Crippen LogP) is 2.34. The first-order valence-corrected chi connectivity index (χ1v) is 9.99. The Balaban J connectivity index is 1.47. The molecule has 0 bridgehead atoms. The molecule has 1 aliphatic heterocycles. The van der Waals surface area contributed by atoms with Gasteiger partial charge in [0.15, 0.2) is 6.61 Å². The molecule has 0 N–H and O–H groups in total. The van der Waals surface area contributed by atoms with Crippen LogP contribution in [0, 0.1) is 0 Å². The van der Waals surface area contributed by atoms with E-state index in [1.54, 1.807) is 26.3 Å². The van der Waals surface area contributed by atoms with Crippen molar-refractivity contribution < 1.29 is 23.8 Å². The van der Waals surface area contributed by atoms with Crippen LogP contribution in [0.4, 0.5) is 0 Å². The standard InChI is InChI=1S/C23H28N2O5/c1-24(16-20-5-3-4-6-21(20)28-2)22(26)17-30-23(27)19-9-7-18(8-10-19)15-25-11-13-29-14-12-25/h3-10H,11-17H2,1-2H3. The van der Waals surface area contributed by atoms with Gasteiger partial charge in [0.2, 0.25) is 0 Å². The van der Waals surface area contributed by atoms with E-state index in [2.05, 4.69) is 4.90 Å². The van der Waals surface area contributed by atoms with E-state index in [4.69, 9.17) is 14.2 Å². The molecule has 3 rings (SSSR count). The number of morpholine rings is 1. The van der Waals surface area contributed by atoms with Crippen molar-refractivity contribution in [1.29, 1.82) is 0 Å². The van der Waals surface area contributed by atoms with Gasteiger partial charge in [0, 0.05) is 38.8 Å². The normalized spacial score (nSPS) is 14.2. The number of carbonyl (C=O) groups excluding carboxylic acids is 2. The molecular formula is C23H28N2O5. The molecule has 0 unspecified atom stereocenters. The molecular weight excluding hydrogens is 384 g/mol. The van der Waals surface area contributed by atoms with Gasteiger partial charge in [0.25, 0.3) is 5.91 Å². The van der Waals surface area contributed by atoms with Crippen LogP contribution in [0.15, 0.2) is 48.5 Å². The summed E-state index contributed by atoms with van der Waals surface area (Å²) >= 11 is 0. The maximum atomic E-state index is 12.4. The minimum atomic E-state index is -0.507. The average Bonchev–Trinajstić information content (AvgIpc) is 2.78. The van der Waals surface area contributed by atoms with Gasteiger partial charge in [-0.3, -0.25) is 9.69 Å². The summed E-state index contributed by atoms with van der Waals surface area (Å²) in [6.45, 7) is 4.22. The van der Waals surface area contributed by atoms with Crippen LogP contribution in [0.5, 0.6) is 5.75 Å². The first kappa shape index (κ1) is 21.8. The van der Waals surface area contributed by atoms with Crippen LogP contribution < -0.4 is 4.74 Å². The number of amides is 1. The van der Waals surface area contributed by atoms with Crippen molar-refractivity contribution in [2.24, 2.45) is 0 Å². The first-order chi connectivity index (χ1) is 14.6. The van der Waals surface area contributed by atoms with Gasteiger partial charge in [0.05, 0.1) is 25.9 Å². The van der Waals surface area contributed by atoms with Crippen molar-refractivity contribution in [3.63, 3.8) is 0 Å². The molecule has 160 valence electrons. The highest BCUT2D eigenvalue weighted by atomic mass is 16.5. The third-order valence-corrected chi connectivity index (χ3v) is 5.05. The summed E-state index contributed by atoms with van der Waals surface area (Å²) in [6.07, 6.45) is 0. The van der Waals surface area contributed by atoms with Crippen molar-refractivity contribution in [3.05, 3.63) is 65.2 Å². The summed E-state index contributed by atoms with van der Waals surface area (Å²) in [6, 6.07) is 14.8. The summed E-state index contributed by atoms with van der Waals surface area (Å²) in [5.74, 6) is -0.0727. The molecule has 1 aliphatic rings. The summed E-state index contributed by atoms with van der Waals surface area (Å²) in [4.78, 5) is 28.5. The Morgan fingerprint density at radius 1 is 1.07 bits per heavy atom. The summed E-state index contributed by atoms with van der Waals surface area (Å²) in [7, 11) is 3.26. The number of para-hydroxylation sites is 1. The number of ether oxygens (including phenoxy) is 3. The molecule has 7 nitrogen and oxygen atoms in total. The molecule has 1 heterocycles. The van der Waals surface area contributed by atoms with E-state index in [1.165, 1.54) is 4.90 Å². The predicted molar refractivity (Wildman–Crippen MR) is 112 cm³/mol. The minimum absolute atomic E-state index is 0.279. The monoisotopic (exact) mass is 412 g/mol. The van der Waals surface area contributed by atoms with E-state index in [0.29, 0.717) is 17.9 Å². The molecule has 2 aromatic carbocycles. The highest BCUT2D eigenvalue weighted by molar-refractivity contribution is 5.91. The molecule has 0 aromatic heterocycles. The molecule has 0 saturated carbocycles. The van der Waals surface area contributed by atoms with Crippen molar-refractivity contribution in [2.45, 2.75) is 13.1 Å². The van der Waals surface area contributed by atoms with Crippen LogP contribution in [0.25, 0.3) is 0 Å². The number of esters is 1. The maximum absolute atomic E-state index is 12.4. The molecule has 30 heavy (non-hydrogen) atoms. The average molecular weight is 412 g/mol. The van der Waals surface area contributed by atoms with Gasteiger partial charge in [-0.2, -0.15) is 0 Å². The topological polar surface area (TPSA) is 68.3 Å².